The van der Waals surface area contributed by atoms with Crippen molar-refractivity contribution in [1.29, 1.82) is 5.26 Å². The number of nitrogens with one attached hydrogen (secondary N) is 1. The van der Waals surface area contributed by atoms with Crippen molar-refractivity contribution in [1.82, 2.24) is 15.2 Å². The van der Waals surface area contributed by atoms with Crippen molar-refractivity contribution >= 4 is 10.9 Å². The second-order valence-corrected chi connectivity index (χ2v) is 6.81. The third-order valence-corrected chi connectivity index (χ3v) is 5.04. The van der Waals surface area contributed by atoms with Crippen molar-refractivity contribution in [3.05, 3.63) is 64.9 Å². The van der Waals surface area contributed by atoms with Gasteiger partial charge < -0.3 is 9.15 Å². The first-order chi connectivity index (χ1) is 13.6. The molecule has 1 aliphatic rings. The van der Waals surface area contributed by atoms with E-state index in [1.165, 1.54) is 6.07 Å². The van der Waals surface area contributed by atoms with E-state index in [0.29, 0.717) is 23.1 Å². The molecule has 1 N–H and O–H groups in total. The van der Waals surface area contributed by atoms with Crippen molar-refractivity contribution in [3.8, 4) is 23.3 Å². The Labute approximate surface area is 159 Å². The summed E-state index contributed by atoms with van der Waals surface area (Å²) in [6.45, 7) is 1.78. The number of rotatable bonds is 3. The highest BCUT2D eigenvalue weighted by atomic mass is 19.1. The number of hydrogen-bond donors (Lipinski definition) is 1. The maximum atomic E-state index is 14.1. The average Bonchev–Trinajstić information content (AvgIpc) is 3.40. The van der Waals surface area contributed by atoms with Crippen molar-refractivity contribution in [3.63, 3.8) is 0 Å². The molecule has 0 spiro atoms. The van der Waals surface area contributed by atoms with E-state index in [2.05, 4.69) is 15.2 Å². The zero-order valence-electron chi connectivity index (χ0n) is 15.0. The minimum absolute atomic E-state index is 0.0752. The number of nitrogens with zero attached hydrogens (tertiary/aromatic N) is 3. The Hall–Kier alpha value is -3.66. The van der Waals surface area contributed by atoms with Gasteiger partial charge in [0.05, 0.1) is 17.3 Å². The lowest BCUT2D eigenvalue weighted by Crippen LogP contribution is -2.04. The van der Waals surface area contributed by atoms with E-state index in [-0.39, 0.29) is 11.7 Å². The molecule has 0 aliphatic heterocycles. The van der Waals surface area contributed by atoms with Gasteiger partial charge in [-0.3, -0.25) is 5.10 Å². The summed E-state index contributed by atoms with van der Waals surface area (Å²) in [6, 6.07) is 10.6. The molecule has 1 aliphatic carbocycles. The number of halogens is 1. The van der Waals surface area contributed by atoms with E-state index in [4.69, 9.17) is 14.4 Å². The fraction of sp³-hybridized carbons (Fsp3) is 0.190. The quantitative estimate of drug-likeness (QED) is 0.566. The fourth-order valence-electron chi connectivity index (χ4n) is 3.69. The van der Waals surface area contributed by atoms with Crippen LogP contribution in [0.4, 0.5) is 4.39 Å². The van der Waals surface area contributed by atoms with Crippen molar-refractivity contribution in [2.75, 3.05) is 0 Å². The SMILES string of the molecule is Cc1ncc(-c2n[nH]c3ccc(O[C@@H]4CCc5cc(C#N)c(F)cc54)cc23)o1. The molecule has 2 aromatic carbocycles. The number of aryl methyl sites for hydroxylation is 2. The second-order valence-electron chi connectivity index (χ2n) is 6.81. The predicted octanol–water partition coefficient (Wildman–Crippen LogP) is 4.60. The van der Waals surface area contributed by atoms with E-state index in [9.17, 15) is 4.39 Å². The first-order valence-electron chi connectivity index (χ1n) is 8.92. The first kappa shape index (κ1) is 16.5. The normalized spacial score (nSPS) is 15.5. The van der Waals surface area contributed by atoms with E-state index in [1.807, 2.05) is 24.3 Å². The molecular weight excluding hydrogens is 359 g/mol. The first-order valence-corrected chi connectivity index (χ1v) is 8.92. The van der Waals surface area contributed by atoms with Crippen LogP contribution in [0.5, 0.6) is 5.75 Å². The summed E-state index contributed by atoms with van der Waals surface area (Å²) < 4.78 is 25.8. The van der Waals surface area contributed by atoms with Gasteiger partial charge in [-0.25, -0.2) is 9.37 Å². The van der Waals surface area contributed by atoms with Crippen LogP contribution in [0.3, 0.4) is 0 Å². The van der Waals surface area contributed by atoms with Gasteiger partial charge in [-0.15, -0.1) is 0 Å². The summed E-state index contributed by atoms with van der Waals surface area (Å²) in [4.78, 5) is 4.12. The molecule has 5 rings (SSSR count). The molecule has 6 nitrogen and oxygen atoms in total. The van der Waals surface area contributed by atoms with E-state index >= 15 is 0 Å². The van der Waals surface area contributed by atoms with Crippen LogP contribution in [0.25, 0.3) is 22.4 Å². The van der Waals surface area contributed by atoms with Gasteiger partial charge in [0, 0.05) is 12.3 Å². The number of aromatic nitrogens is 3. The summed E-state index contributed by atoms with van der Waals surface area (Å²) in [5, 5.41) is 17.2. The number of benzene rings is 2. The van der Waals surface area contributed by atoms with Gasteiger partial charge >= 0.3 is 0 Å². The van der Waals surface area contributed by atoms with Gasteiger partial charge in [0.25, 0.3) is 0 Å². The van der Waals surface area contributed by atoms with E-state index < -0.39 is 5.82 Å². The monoisotopic (exact) mass is 374 g/mol. The lowest BCUT2D eigenvalue weighted by molar-refractivity contribution is 0.207. The van der Waals surface area contributed by atoms with Crippen molar-refractivity contribution in [2.24, 2.45) is 0 Å². The summed E-state index contributed by atoms with van der Waals surface area (Å²) in [5.41, 5.74) is 3.36. The number of hydrogen-bond acceptors (Lipinski definition) is 5. The Morgan fingerprint density at radius 2 is 2.21 bits per heavy atom. The Morgan fingerprint density at radius 3 is 3.00 bits per heavy atom. The van der Waals surface area contributed by atoms with E-state index in [0.717, 1.165) is 34.9 Å². The van der Waals surface area contributed by atoms with Crippen LogP contribution in [-0.4, -0.2) is 15.2 Å². The highest BCUT2D eigenvalue weighted by Gasteiger charge is 2.26. The molecule has 0 saturated carbocycles. The van der Waals surface area contributed by atoms with Crippen LogP contribution in [0.2, 0.25) is 0 Å². The Kier molecular flexibility index (Phi) is 3.66. The van der Waals surface area contributed by atoms with Crippen LogP contribution in [0, 0.1) is 24.1 Å². The van der Waals surface area contributed by atoms with E-state index in [1.54, 1.807) is 19.2 Å². The molecule has 2 heterocycles. The molecule has 1 atom stereocenters. The van der Waals surface area contributed by atoms with Crippen LogP contribution >= 0.6 is 0 Å². The largest absolute Gasteiger partial charge is 0.486 e. The second kappa shape index (κ2) is 6.20. The standard InChI is InChI=1S/C21H15FN4O2/c1-11-24-10-20(27-11)21-16-7-14(3-4-18(16)25-26-21)28-19-5-2-12-6-13(9-23)17(22)8-15(12)19/h3-4,6-8,10,19H,2,5H2,1H3,(H,25,26)/t19-/m1/s1. The summed E-state index contributed by atoms with van der Waals surface area (Å²) in [7, 11) is 0. The smallest absolute Gasteiger partial charge is 0.191 e. The molecule has 0 unspecified atom stereocenters. The predicted molar refractivity (Wildman–Crippen MR) is 99.1 cm³/mol. The topological polar surface area (TPSA) is 87.7 Å². The highest BCUT2D eigenvalue weighted by Crippen LogP contribution is 2.37. The molecule has 7 heteroatoms. The minimum Gasteiger partial charge on any atom is -0.486 e. The molecule has 138 valence electrons. The zero-order valence-corrected chi connectivity index (χ0v) is 15.0. The maximum absolute atomic E-state index is 14.1. The van der Waals surface area contributed by atoms with Gasteiger partial charge in [-0.05, 0) is 54.3 Å². The summed E-state index contributed by atoms with van der Waals surface area (Å²) >= 11 is 0. The molecule has 2 aromatic heterocycles. The summed E-state index contributed by atoms with van der Waals surface area (Å²) in [5.74, 6) is 1.30. The van der Waals surface area contributed by atoms with Gasteiger partial charge in [0.15, 0.2) is 11.7 Å². The number of ether oxygens (including phenoxy) is 1. The van der Waals surface area contributed by atoms with Crippen LogP contribution in [0.15, 0.2) is 40.9 Å². The number of aromatic amines is 1. The van der Waals surface area contributed by atoms with Crippen molar-refractivity contribution in [2.45, 2.75) is 25.9 Å². The van der Waals surface area contributed by atoms with Gasteiger partial charge in [0.2, 0.25) is 0 Å². The Bertz CT molecular complexity index is 1250. The number of oxazole rings is 1. The maximum Gasteiger partial charge on any atom is 0.191 e. The zero-order chi connectivity index (χ0) is 19.3. The van der Waals surface area contributed by atoms with Crippen molar-refractivity contribution < 1.29 is 13.5 Å². The average molecular weight is 374 g/mol. The molecule has 0 radical (unpaired) electrons. The molecule has 4 aromatic rings. The summed E-state index contributed by atoms with van der Waals surface area (Å²) in [6.07, 6.45) is 2.88. The third-order valence-electron chi connectivity index (χ3n) is 5.04. The molecular formula is C21H15FN4O2. The number of nitriles is 1. The Morgan fingerprint density at radius 1 is 1.32 bits per heavy atom. The Balaban J connectivity index is 1.49. The molecule has 0 fully saturated rings. The highest BCUT2D eigenvalue weighted by molar-refractivity contribution is 5.92. The van der Waals surface area contributed by atoms with Crippen LogP contribution in [0.1, 0.15) is 35.1 Å². The van der Waals surface area contributed by atoms with Gasteiger partial charge in [-0.2, -0.15) is 10.4 Å². The van der Waals surface area contributed by atoms with Gasteiger partial charge in [-0.1, -0.05) is 0 Å². The van der Waals surface area contributed by atoms with Gasteiger partial charge in [0.1, 0.15) is 29.4 Å². The van der Waals surface area contributed by atoms with Crippen LogP contribution in [-0.2, 0) is 6.42 Å². The number of H-pyrrole nitrogens is 1. The lowest BCUT2D eigenvalue weighted by atomic mass is 10.1. The van der Waals surface area contributed by atoms with Crippen LogP contribution < -0.4 is 4.74 Å². The molecule has 0 saturated heterocycles. The number of fused-ring (bicyclic) bond motifs is 2. The molecule has 0 bridgehead atoms. The lowest BCUT2D eigenvalue weighted by Gasteiger charge is -2.15. The molecule has 0 amide bonds. The fourth-order valence-corrected chi connectivity index (χ4v) is 3.69. The third kappa shape index (κ3) is 2.62. The molecule has 28 heavy (non-hydrogen) atoms. The minimum atomic E-state index is -0.509.